The summed E-state index contributed by atoms with van der Waals surface area (Å²) in [6.07, 6.45) is 0.284. The molecule has 0 aromatic heterocycles. The van der Waals surface area contributed by atoms with Gasteiger partial charge in [0.25, 0.3) is 5.91 Å². The second-order valence-corrected chi connectivity index (χ2v) is 7.20. The van der Waals surface area contributed by atoms with Gasteiger partial charge in [0.1, 0.15) is 17.9 Å². The third-order valence-corrected chi connectivity index (χ3v) is 5.32. The van der Waals surface area contributed by atoms with E-state index in [1.54, 1.807) is 6.92 Å². The molecule has 7 heteroatoms. The molecular formula is C22H24FN3O3. The molecule has 1 heterocycles. The number of halogens is 1. The predicted molar refractivity (Wildman–Crippen MR) is 106 cm³/mol. The lowest BCUT2D eigenvalue weighted by atomic mass is 9.87. The van der Waals surface area contributed by atoms with E-state index in [1.165, 1.54) is 24.3 Å². The number of nitrogens with zero attached hydrogens (tertiary/aromatic N) is 1. The van der Waals surface area contributed by atoms with Gasteiger partial charge in [-0.1, -0.05) is 56.3 Å². The van der Waals surface area contributed by atoms with Crippen molar-refractivity contribution in [1.82, 2.24) is 15.5 Å². The number of carbonyl (C=O) groups excluding carboxylic acids is 3. The Labute approximate surface area is 169 Å². The number of urea groups is 1. The molecule has 1 aliphatic rings. The van der Waals surface area contributed by atoms with Crippen LogP contribution in [0.2, 0.25) is 0 Å². The van der Waals surface area contributed by atoms with Crippen LogP contribution in [0.5, 0.6) is 0 Å². The van der Waals surface area contributed by atoms with Gasteiger partial charge in [0.2, 0.25) is 5.91 Å². The summed E-state index contributed by atoms with van der Waals surface area (Å²) in [7, 11) is 0. The first-order chi connectivity index (χ1) is 13.9. The third-order valence-electron chi connectivity index (χ3n) is 5.32. The van der Waals surface area contributed by atoms with Crippen LogP contribution < -0.4 is 10.6 Å². The summed E-state index contributed by atoms with van der Waals surface area (Å²) in [4.78, 5) is 38.7. The smallest absolute Gasteiger partial charge is 0.325 e. The van der Waals surface area contributed by atoms with E-state index in [1.807, 2.05) is 37.3 Å². The van der Waals surface area contributed by atoms with Crippen molar-refractivity contribution in [2.45, 2.75) is 31.7 Å². The monoisotopic (exact) mass is 397 g/mol. The molecule has 1 aliphatic heterocycles. The second-order valence-electron chi connectivity index (χ2n) is 7.20. The van der Waals surface area contributed by atoms with Gasteiger partial charge in [-0.3, -0.25) is 14.5 Å². The molecule has 3 rings (SSSR count). The Bertz CT molecular complexity index is 901. The molecule has 2 atom stereocenters. The van der Waals surface area contributed by atoms with Crippen molar-refractivity contribution in [3.63, 3.8) is 0 Å². The average molecular weight is 397 g/mol. The van der Waals surface area contributed by atoms with Gasteiger partial charge in [-0.2, -0.15) is 0 Å². The minimum Gasteiger partial charge on any atom is -0.354 e. The molecule has 1 saturated heterocycles. The molecule has 152 valence electrons. The van der Waals surface area contributed by atoms with Crippen molar-refractivity contribution in [2.75, 3.05) is 13.1 Å². The van der Waals surface area contributed by atoms with Gasteiger partial charge in [-0.05, 0) is 35.6 Å². The van der Waals surface area contributed by atoms with E-state index in [-0.39, 0.29) is 18.9 Å². The quantitative estimate of drug-likeness (QED) is 0.705. The predicted octanol–water partition coefficient (Wildman–Crippen LogP) is 2.90. The van der Waals surface area contributed by atoms with Crippen LogP contribution in [0.1, 0.15) is 37.3 Å². The van der Waals surface area contributed by atoms with Crippen molar-refractivity contribution in [3.8, 4) is 0 Å². The maximum absolute atomic E-state index is 13.3. The first-order valence-corrected chi connectivity index (χ1v) is 9.59. The van der Waals surface area contributed by atoms with Crippen molar-refractivity contribution in [2.24, 2.45) is 0 Å². The van der Waals surface area contributed by atoms with Crippen LogP contribution in [0.4, 0.5) is 9.18 Å². The van der Waals surface area contributed by atoms with Crippen LogP contribution in [0, 0.1) is 5.82 Å². The molecule has 6 nitrogen and oxygen atoms in total. The number of imide groups is 1. The molecule has 0 saturated carbocycles. The van der Waals surface area contributed by atoms with E-state index >= 15 is 0 Å². The van der Waals surface area contributed by atoms with E-state index in [0.29, 0.717) is 12.1 Å². The zero-order chi connectivity index (χ0) is 21.0. The van der Waals surface area contributed by atoms with Crippen LogP contribution in [0.15, 0.2) is 54.6 Å². The molecule has 0 radical (unpaired) electrons. The fraction of sp³-hybridized carbons (Fsp3) is 0.318. The standard InChI is InChI=1S/C22H24FN3O3/c1-3-22(17-9-11-18(23)12-10-17)20(28)26(21(29)25-22)14-19(27)24-13-15(2)16-7-5-4-6-8-16/h4-12,15H,3,13-14H2,1-2H3,(H,24,27)(H,25,29)/t15-,22+/m1/s1. The van der Waals surface area contributed by atoms with Crippen LogP contribution in [-0.4, -0.2) is 35.8 Å². The number of benzene rings is 2. The van der Waals surface area contributed by atoms with Gasteiger partial charge in [0, 0.05) is 6.54 Å². The van der Waals surface area contributed by atoms with Crippen molar-refractivity contribution in [3.05, 3.63) is 71.5 Å². The molecule has 1 fully saturated rings. The summed E-state index contributed by atoms with van der Waals surface area (Å²) in [6.45, 7) is 3.77. The molecule has 0 aliphatic carbocycles. The van der Waals surface area contributed by atoms with Gasteiger partial charge in [0.05, 0.1) is 0 Å². The van der Waals surface area contributed by atoms with E-state index in [2.05, 4.69) is 10.6 Å². The number of amides is 4. The van der Waals surface area contributed by atoms with Crippen molar-refractivity contribution in [1.29, 1.82) is 0 Å². The first kappa shape index (κ1) is 20.5. The Balaban J connectivity index is 1.66. The highest BCUT2D eigenvalue weighted by atomic mass is 19.1. The van der Waals surface area contributed by atoms with E-state index in [9.17, 15) is 18.8 Å². The molecule has 0 spiro atoms. The van der Waals surface area contributed by atoms with E-state index in [4.69, 9.17) is 0 Å². The number of hydrogen-bond donors (Lipinski definition) is 2. The summed E-state index contributed by atoms with van der Waals surface area (Å²) in [6, 6.07) is 14.5. The summed E-state index contributed by atoms with van der Waals surface area (Å²) >= 11 is 0. The van der Waals surface area contributed by atoms with E-state index in [0.717, 1.165) is 10.5 Å². The van der Waals surface area contributed by atoms with Gasteiger partial charge < -0.3 is 10.6 Å². The largest absolute Gasteiger partial charge is 0.354 e. The van der Waals surface area contributed by atoms with Crippen molar-refractivity contribution < 1.29 is 18.8 Å². The number of rotatable bonds is 7. The Morgan fingerprint density at radius 1 is 1.14 bits per heavy atom. The summed E-state index contributed by atoms with van der Waals surface area (Å²) < 4.78 is 13.3. The molecule has 29 heavy (non-hydrogen) atoms. The minimum absolute atomic E-state index is 0.0946. The van der Waals surface area contributed by atoms with Crippen molar-refractivity contribution >= 4 is 17.8 Å². The maximum atomic E-state index is 13.3. The number of hydrogen-bond acceptors (Lipinski definition) is 3. The van der Waals surface area contributed by atoms with Gasteiger partial charge in [-0.15, -0.1) is 0 Å². The fourth-order valence-electron chi connectivity index (χ4n) is 3.51. The normalized spacial score (nSPS) is 19.8. The Hall–Kier alpha value is -3.22. The molecule has 0 unspecified atom stereocenters. The third kappa shape index (κ3) is 4.13. The Kier molecular flexibility index (Phi) is 5.96. The van der Waals surface area contributed by atoms with Crippen LogP contribution in [0.25, 0.3) is 0 Å². The second kappa shape index (κ2) is 8.43. The van der Waals surface area contributed by atoms with E-state index < -0.39 is 29.2 Å². The maximum Gasteiger partial charge on any atom is 0.325 e. The lowest BCUT2D eigenvalue weighted by molar-refractivity contribution is -0.135. The highest BCUT2D eigenvalue weighted by Gasteiger charge is 2.51. The van der Waals surface area contributed by atoms with Gasteiger partial charge in [-0.25, -0.2) is 9.18 Å². The van der Waals surface area contributed by atoms with Gasteiger partial charge >= 0.3 is 6.03 Å². The topological polar surface area (TPSA) is 78.5 Å². The fourth-order valence-corrected chi connectivity index (χ4v) is 3.51. The number of nitrogens with one attached hydrogen (secondary N) is 2. The number of carbonyl (C=O) groups is 3. The summed E-state index contributed by atoms with van der Waals surface area (Å²) in [5, 5.41) is 5.46. The van der Waals surface area contributed by atoms with Crippen LogP contribution in [-0.2, 0) is 15.1 Å². The highest BCUT2D eigenvalue weighted by molar-refractivity contribution is 6.09. The van der Waals surface area contributed by atoms with Crippen LogP contribution >= 0.6 is 0 Å². The lowest BCUT2D eigenvalue weighted by Crippen LogP contribution is -2.45. The molecule has 0 bridgehead atoms. The lowest BCUT2D eigenvalue weighted by Gasteiger charge is -2.25. The summed E-state index contributed by atoms with van der Waals surface area (Å²) in [5.41, 5.74) is 0.284. The minimum atomic E-state index is -1.29. The molecule has 2 N–H and O–H groups in total. The molecule has 2 aromatic rings. The SMILES string of the molecule is CC[C@@]1(c2ccc(F)cc2)NC(=O)N(CC(=O)NC[C@@H](C)c2ccccc2)C1=O. The van der Waals surface area contributed by atoms with Gasteiger partial charge in [0.15, 0.2) is 0 Å². The Morgan fingerprint density at radius 3 is 2.41 bits per heavy atom. The highest BCUT2D eigenvalue weighted by Crippen LogP contribution is 2.32. The zero-order valence-electron chi connectivity index (χ0n) is 16.4. The molecule has 2 aromatic carbocycles. The average Bonchev–Trinajstić information content (AvgIpc) is 2.98. The molecule has 4 amide bonds. The summed E-state index contributed by atoms with van der Waals surface area (Å²) in [5.74, 6) is -1.26. The first-order valence-electron chi connectivity index (χ1n) is 9.59. The Morgan fingerprint density at radius 2 is 1.79 bits per heavy atom. The zero-order valence-corrected chi connectivity index (χ0v) is 16.4. The van der Waals surface area contributed by atoms with Crippen LogP contribution in [0.3, 0.4) is 0 Å². The molecular weight excluding hydrogens is 373 g/mol.